The fraction of sp³-hybridized carbons (Fsp3) is 0. The summed E-state index contributed by atoms with van der Waals surface area (Å²) in [4.78, 5) is 0. The van der Waals surface area contributed by atoms with Gasteiger partial charge in [0, 0.05) is 11.5 Å². The Morgan fingerprint density at radius 1 is 1.50 bits per heavy atom. The summed E-state index contributed by atoms with van der Waals surface area (Å²) in [6, 6.07) is 2.94. The summed E-state index contributed by atoms with van der Waals surface area (Å²) in [6.07, 6.45) is 0. The molecule has 0 aliphatic rings. The third-order valence-corrected chi connectivity index (χ3v) is 3.97. The number of benzene rings is 1. The monoisotopic (exact) mass is 294 g/mol. The lowest BCUT2D eigenvalue weighted by molar-refractivity contribution is 0.475. The number of halogens is 2. The van der Waals surface area contributed by atoms with Crippen LogP contribution in [0, 0.1) is 9.39 Å². The number of hydrogen-bond donors (Lipinski definition) is 1. The lowest BCUT2D eigenvalue weighted by Gasteiger charge is -1.98. The van der Waals surface area contributed by atoms with Gasteiger partial charge in [-0.2, -0.15) is 0 Å². The first-order valence-corrected chi connectivity index (χ1v) is 5.20. The van der Waals surface area contributed by atoms with Crippen LogP contribution in [-0.2, 0) is 0 Å². The van der Waals surface area contributed by atoms with E-state index in [2.05, 4.69) is 0 Å². The highest BCUT2D eigenvalue weighted by Crippen LogP contribution is 2.34. The normalized spacial score (nSPS) is 10.8. The Hall–Kier alpha value is -0.360. The van der Waals surface area contributed by atoms with Gasteiger partial charge in [0.05, 0.1) is 8.27 Å². The molecule has 62 valence electrons. The van der Waals surface area contributed by atoms with Crippen molar-refractivity contribution in [2.24, 2.45) is 0 Å². The number of phenolic OH excluding ortho intramolecular Hbond substituents is 1. The summed E-state index contributed by atoms with van der Waals surface area (Å²) in [5, 5.41) is 11.9. The molecule has 1 aromatic carbocycles. The fourth-order valence-electron chi connectivity index (χ4n) is 1.05. The van der Waals surface area contributed by atoms with E-state index < -0.39 is 0 Å². The Labute approximate surface area is 86.0 Å². The maximum absolute atomic E-state index is 13.0. The average Bonchev–Trinajstić information content (AvgIpc) is 2.48. The van der Waals surface area contributed by atoms with Gasteiger partial charge in [0.1, 0.15) is 11.6 Å². The number of thiophene rings is 1. The van der Waals surface area contributed by atoms with Gasteiger partial charge >= 0.3 is 0 Å². The second kappa shape index (κ2) is 2.85. The topological polar surface area (TPSA) is 20.2 Å². The van der Waals surface area contributed by atoms with Crippen molar-refractivity contribution < 1.29 is 9.50 Å². The number of aromatic hydroxyl groups is 1. The van der Waals surface area contributed by atoms with E-state index in [0.717, 1.165) is 16.2 Å². The molecule has 0 saturated carbocycles. The molecule has 1 nitrogen and oxygen atoms in total. The van der Waals surface area contributed by atoms with Gasteiger partial charge in [-0.05, 0) is 34.0 Å². The molecule has 0 aliphatic heterocycles. The molecule has 0 aliphatic carbocycles. The van der Waals surface area contributed by atoms with Crippen LogP contribution in [0.1, 0.15) is 0 Å². The highest BCUT2D eigenvalue weighted by Gasteiger charge is 2.09. The zero-order valence-electron chi connectivity index (χ0n) is 5.84. The SMILES string of the molecule is Oc1cc(F)c(I)c2sccc12. The first kappa shape index (κ1) is 8.25. The van der Waals surface area contributed by atoms with E-state index >= 15 is 0 Å². The molecule has 0 unspecified atom stereocenters. The van der Waals surface area contributed by atoms with Gasteiger partial charge in [0.2, 0.25) is 0 Å². The van der Waals surface area contributed by atoms with Crippen molar-refractivity contribution >= 4 is 44.0 Å². The van der Waals surface area contributed by atoms with E-state index in [-0.39, 0.29) is 11.6 Å². The zero-order chi connectivity index (χ0) is 8.72. The summed E-state index contributed by atoms with van der Waals surface area (Å²) in [5.41, 5.74) is 0. The molecule has 1 aromatic heterocycles. The molecule has 1 N–H and O–H groups in total. The Morgan fingerprint density at radius 3 is 3.00 bits per heavy atom. The third kappa shape index (κ3) is 1.09. The summed E-state index contributed by atoms with van der Waals surface area (Å²) in [5.74, 6) is -0.341. The first-order valence-electron chi connectivity index (χ1n) is 3.24. The Bertz CT molecular complexity index is 438. The Kier molecular flexibility index (Phi) is 1.96. The van der Waals surface area contributed by atoms with Crippen molar-refractivity contribution in [1.82, 2.24) is 0 Å². The smallest absolute Gasteiger partial charge is 0.141 e. The fourth-order valence-corrected chi connectivity index (χ4v) is 2.72. The van der Waals surface area contributed by atoms with Crippen molar-refractivity contribution in [3.63, 3.8) is 0 Å². The van der Waals surface area contributed by atoms with Gasteiger partial charge in [-0.1, -0.05) is 0 Å². The third-order valence-electron chi connectivity index (χ3n) is 1.61. The molecule has 12 heavy (non-hydrogen) atoms. The van der Waals surface area contributed by atoms with Crippen LogP contribution < -0.4 is 0 Å². The summed E-state index contributed by atoms with van der Waals surface area (Å²) >= 11 is 3.38. The molecule has 1 heterocycles. The van der Waals surface area contributed by atoms with Gasteiger partial charge in [0.15, 0.2) is 0 Å². The summed E-state index contributed by atoms with van der Waals surface area (Å²) in [6.45, 7) is 0. The van der Waals surface area contributed by atoms with Crippen LogP contribution in [0.15, 0.2) is 17.5 Å². The lowest BCUT2D eigenvalue weighted by atomic mass is 10.2. The highest BCUT2D eigenvalue weighted by atomic mass is 127. The first-order chi connectivity index (χ1) is 5.70. The largest absolute Gasteiger partial charge is 0.507 e. The Morgan fingerprint density at radius 2 is 2.25 bits per heavy atom. The van der Waals surface area contributed by atoms with Crippen LogP contribution in [0.2, 0.25) is 0 Å². The molecular formula is C8H4FIOS. The van der Waals surface area contributed by atoms with E-state index in [1.807, 2.05) is 28.0 Å². The quantitative estimate of drug-likeness (QED) is 0.739. The minimum Gasteiger partial charge on any atom is -0.507 e. The molecular weight excluding hydrogens is 290 g/mol. The predicted octanol–water partition coefficient (Wildman–Crippen LogP) is 3.35. The van der Waals surface area contributed by atoms with Gasteiger partial charge in [-0.3, -0.25) is 0 Å². The van der Waals surface area contributed by atoms with Crippen LogP contribution in [0.5, 0.6) is 5.75 Å². The minimum atomic E-state index is -0.358. The molecule has 0 amide bonds. The van der Waals surface area contributed by atoms with Crippen molar-refractivity contribution in [2.75, 3.05) is 0 Å². The molecule has 4 heteroatoms. The van der Waals surface area contributed by atoms with Crippen LogP contribution in [0.4, 0.5) is 4.39 Å². The van der Waals surface area contributed by atoms with E-state index in [9.17, 15) is 9.50 Å². The van der Waals surface area contributed by atoms with E-state index in [1.165, 1.54) is 11.3 Å². The second-order valence-corrected chi connectivity index (χ2v) is 4.35. The van der Waals surface area contributed by atoms with Crippen LogP contribution in [-0.4, -0.2) is 5.11 Å². The molecule has 2 aromatic rings. The lowest BCUT2D eigenvalue weighted by Crippen LogP contribution is -1.80. The zero-order valence-corrected chi connectivity index (χ0v) is 8.82. The number of rotatable bonds is 0. The van der Waals surface area contributed by atoms with Gasteiger partial charge in [0.25, 0.3) is 0 Å². The van der Waals surface area contributed by atoms with Gasteiger partial charge in [-0.15, -0.1) is 11.3 Å². The number of hydrogen-bond acceptors (Lipinski definition) is 2. The second-order valence-electron chi connectivity index (χ2n) is 2.35. The van der Waals surface area contributed by atoms with Gasteiger partial charge < -0.3 is 5.11 Å². The van der Waals surface area contributed by atoms with Crippen LogP contribution in [0.25, 0.3) is 10.1 Å². The van der Waals surface area contributed by atoms with Gasteiger partial charge in [-0.25, -0.2) is 4.39 Å². The maximum atomic E-state index is 13.0. The summed E-state index contributed by atoms with van der Waals surface area (Å²) in [7, 11) is 0. The molecule has 0 spiro atoms. The maximum Gasteiger partial charge on any atom is 0.141 e. The van der Waals surface area contributed by atoms with Crippen molar-refractivity contribution in [2.45, 2.75) is 0 Å². The molecule has 0 radical (unpaired) electrons. The van der Waals surface area contributed by atoms with E-state index in [1.54, 1.807) is 6.07 Å². The summed E-state index contributed by atoms with van der Waals surface area (Å²) < 4.78 is 14.4. The molecule has 0 saturated heterocycles. The predicted molar refractivity (Wildman–Crippen MR) is 56.2 cm³/mol. The highest BCUT2D eigenvalue weighted by molar-refractivity contribution is 14.1. The average molecular weight is 294 g/mol. The molecule has 0 bridgehead atoms. The molecule has 0 fully saturated rings. The van der Waals surface area contributed by atoms with Crippen molar-refractivity contribution in [3.05, 3.63) is 26.9 Å². The molecule has 2 rings (SSSR count). The number of fused-ring (bicyclic) bond motifs is 1. The van der Waals surface area contributed by atoms with E-state index in [0.29, 0.717) is 3.57 Å². The number of phenols is 1. The standard InChI is InChI=1S/C8H4FIOS/c9-5-3-6(11)4-1-2-12-8(4)7(5)10/h1-3,11H. The van der Waals surface area contributed by atoms with Crippen LogP contribution >= 0.6 is 33.9 Å². The van der Waals surface area contributed by atoms with Crippen molar-refractivity contribution in [3.8, 4) is 5.75 Å². The molecule has 0 atom stereocenters. The van der Waals surface area contributed by atoms with Crippen LogP contribution in [0.3, 0.4) is 0 Å². The minimum absolute atomic E-state index is 0.0177. The van der Waals surface area contributed by atoms with E-state index in [4.69, 9.17) is 0 Å². The van der Waals surface area contributed by atoms with Crippen molar-refractivity contribution in [1.29, 1.82) is 0 Å². The Balaban J connectivity index is 2.97.